The summed E-state index contributed by atoms with van der Waals surface area (Å²) in [6.45, 7) is 1.91. The van der Waals surface area contributed by atoms with E-state index in [0.717, 1.165) is 17.1 Å². The molecule has 1 aromatic heterocycles. The Morgan fingerprint density at radius 1 is 1.47 bits per heavy atom. The molecule has 1 aromatic carbocycles. The van der Waals surface area contributed by atoms with Crippen molar-refractivity contribution in [2.75, 3.05) is 10.7 Å². The van der Waals surface area contributed by atoms with Gasteiger partial charge in [-0.2, -0.15) is 0 Å². The number of aromatic nitrogens is 2. The first kappa shape index (κ1) is 11.5. The smallest absolute Gasteiger partial charge is 0.258 e. The van der Waals surface area contributed by atoms with Gasteiger partial charge in [0.15, 0.2) is 0 Å². The number of rotatable bonds is 3. The Bertz CT molecular complexity index is 525. The van der Waals surface area contributed by atoms with Crippen molar-refractivity contribution in [3.05, 3.63) is 35.5 Å². The maximum Gasteiger partial charge on any atom is 0.258 e. The maximum atomic E-state index is 12.0. The third-order valence-corrected chi connectivity index (χ3v) is 2.75. The number of nitrogens with one attached hydrogen (secondary N) is 2. The fraction of sp³-hybridized carbons (Fsp3) is 0.100. The second-order valence-corrected chi connectivity index (χ2v) is 4.21. The molecule has 2 rings (SSSR count). The SMILES string of the molecule is Cc1ccc(NN)c(C(=O)Nc2cnns2)c1. The Labute approximate surface area is 102 Å². The van der Waals surface area contributed by atoms with Gasteiger partial charge >= 0.3 is 0 Å². The molecule has 0 aliphatic rings. The Kier molecular flexibility index (Phi) is 3.31. The van der Waals surface area contributed by atoms with Gasteiger partial charge in [-0.15, -0.1) is 5.10 Å². The summed E-state index contributed by atoms with van der Waals surface area (Å²) in [6.07, 6.45) is 1.49. The van der Waals surface area contributed by atoms with Gasteiger partial charge < -0.3 is 10.7 Å². The highest BCUT2D eigenvalue weighted by Gasteiger charge is 2.12. The molecule has 0 spiro atoms. The van der Waals surface area contributed by atoms with Gasteiger partial charge in [-0.25, -0.2) is 0 Å². The van der Waals surface area contributed by atoms with Crippen molar-refractivity contribution < 1.29 is 4.79 Å². The molecule has 0 bridgehead atoms. The van der Waals surface area contributed by atoms with Crippen molar-refractivity contribution in [2.45, 2.75) is 6.92 Å². The van der Waals surface area contributed by atoms with E-state index in [4.69, 9.17) is 5.84 Å². The average molecular weight is 249 g/mol. The molecule has 0 atom stereocenters. The predicted molar refractivity (Wildman–Crippen MR) is 66.9 cm³/mol. The number of hydrogen-bond donors (Lipinski definition) is 3. The number of amides is 1. The third-order valence-electron chi connectivity index (χ3n) is 2.17. The molecule has 0 aliphatic heterocycles. The fourth-order valence-electron chi connectivity index (χ4n) is 1.37. The lowest BCUT2D eigenvalue weighted by molar-refractivity contribution is 0.102. The number of anilines is 2. The Morgan fingerprint density at radius 3 is 2.94 bits per heavy atom. The monoisotopic (exact) mass is 249 g/mol. The van der Waals surface area contributed by atoms with Crippen molar-refractivity contribution >= 4 is 28.1 Å². The largest absolute Gasteiger partial charge is 0.323 e. The lowest BCUT2D eigenvalue weighted by atomic mass is 10.1. The van der Waals surface area contributed by atoms with Crippen LogP contribution in [0.5, 0.6) is 0 Å². The van der Waals surface area contributed by atoms with Gasteiger partial charge in [0, 0.05) is 11.5 Å². The Hall–Kier alpha value is -1.99. The lowest BCUT2D eigenvalue weighted by Gasteiger charge is -2.09. The van der Waals surface area contributed by atoms with Crippen molar-refractivity contribution in [3.63, 3.8) is 0 Å². The molecule has 7 heteroatoms. The molecule has 0 unspecified atom stereocenters. The van der Waals surface area contributed by atoms with Gasteiger partial charge in [0.2, 0.25) is 0 Å². The summed E-state index contributed by atoms with van der Waals surface area (Å²) in [6, 6.07) is 5.40. The van der Waals surface area contributed by atoms with E-state index in [9.17, 15) is 4.79 Å². The minimum atomic E-state index is -0.243. The van der Waals surface area contributed by atoms with E-state index in [1.807, 2.05) is 13.0 Å². The predicted octanol–water partition coefficient (Wildman–Crippen LogP) is 1.38. The zero-order valence-electron chi connectivity index (χ0n) is 9.10. The molecule has 1 amide bonds. The minimum absolute atomic E-state index is 0.243. The number of carbonyl (C=O) groups is 1. The molecule has 0 fully saturated rings. The maximum absolute atomic E-state index is 12.0. The van der Waals surface area contributed by atoms with Crippen LogP contribution in [-0.4, -0.2) is 15.5 Å². The normalized spacial score (nSPS) is 10.0. The first-order valence-electron chi connectivity index (χ1n) is 4.86. The Morgan fingerprint density at radius 2 is 2.29 bits per heavy atom. The van der Waals surface area contributed by atoms with Crippen molar-refractivity contribution in [1.29, 1.82) is 0 Å². The van der Waals surface area contributed by atoms with Crippen molar-refractivity contribution in [1.82, 2.24) is 9.59 Å². The summed E-state index contributed by atoms with van der Waals surface area (Å²) in [5.41, 5.74) is 4.54. The molecular weight excluding hydrogens is 238 g/mol. The van der Waals surface area contributed by atoms with E-state index in [1.165, 1.54) is 6.20 Å². The zero-order valence-corrected chi connectivity index (χ0v) is 9.91. The molecule has 0 saturated carbocycles. The fourth-order valence-corrected chi connectivity index (χ4v) is 1.79. The lowest BCUT2D eigenvalue weighted by Crippen LogP contribution is -2.17. The van der Waals surface area contributed by atoms with Gasteiger partial charge in [0.25, 0.3) is 5.91 Å². The van der Waals surface area contributed by atoms with Crippen LogP contribution < -0.4 is 16.6 Å². The second kappa shape index (κ2) is 4.89. The van der Waals surface area contributed by atoms with Crippen molar-refractivity contribution in [2.24, 2.45) is 5.84 Å². The van der Waals surface area contributed by atoms with Crippen LogP contribution in [0.1, 0.15) is 15.9 Å². The van der Waals surface area contributed by atoms with Crippen LogP contribution in [-0.2, 0) is 0 Å². The summed E-state index contributed by atoms with van der Waals surface area (Å²) in [5, 5.41) is 6.94. The first-order valence-corrected chi connectivity index (χ1v) is 5.64. The summed E-state index contributed by atoms with van der Waals surface area (Å²) in [5.74, 6) is 5.12. The molecule has 88 valence electrons. The van der Waals surface area contributed by atoms with E-state index in [1.54, 1.807) is 12.1 Å². The summed E-state index contributed by atoms with van der Waals surface area (Å²) in [7, 11) is 0. The van der Waals surface area contributed by atoms with Crippen LogP contribution in [0.15, 0.2) is 24.4 Å². The molecular formula is C10H11N5OS. The first-order chi connectivity index (χ1) is 8.20. The van der Waals surface area contributed by atoms with Gasteiger partial charge in [-0.1, -0.05) is 16.1 Å². The van der Waals surface area contributed by atoms with Crippen LogP contribution in [0.25, 0.3) is 0 Å². The van der Waals surface area contributed by atoms with E-state index in [2.05, 4.69) is 20.3 Å². The van der Waals surface area contributed by atoms with E-state index in [0.29, 0.717) is 16.3 Å². The third kappa shape index (κ3) is 2.58. The highest BCUT2D eigenvalue weighted by Crippen LogP contribution is 2.19. The number of hydrogen-bond acceptors (Lipinski definition) is 6. The molecule has 1 heterocycles. The second-order valence-electron chi connectivity index (χ2n) is 3.43. The van der Waals surface area contributed by atoms with Crippen LogP contribution in [0, 0.1) is 6.92 Å². The molecule has 4 N–H and O–H groups in total. The van der Waals surface area contributed by atoms with Gasteiger partial charge in [-0.3, -0.25) is 10.6 Å². The highest BCUT2D eigenvalue weighted by molar-refractivity contribution is 7.10. The standard InChI is InChI=1S/C10H11N5OS/c1-6-2-3-8(14-11)7(4-6)10(16)13-9-5-12-15-17-9/h2-5,14H,11H2,1H3,(H,13,16). The van der Waals surface area contributed by atoms with E-state index >= 15 is 0 Å². The van der Waals surface area contributed by atoms with E-state index in [-0.39, 0.29) is 5.91 Å². The van der Waals surface area contributed by atoms with Crippen LogP contribution >= 0.6 is 11.5 Å². The number of nitrogens with two attached hydrogens (primary N) is 1. The van der Waals surface area contributed by atoms with Crippen LogP contribution in [0.4, 0.5) is 10.7 Å². The Balaban J connectivity index is 2.26. The number of benzene rings is 1. The van der Waals surface area contributed by atoms with Crippen LogP contribution in [0.3, 0.4) is 0 Å². The minimum Gasteiger partial charge on any atom is -0.323 e. The molecule has 0 radical (unpaired) electrons. The average Bonchev–Trinajstić information content (AvgIpc) is 2.81. The number of carbonyl (C=O) groups excluding carboxylic acids is 1. The molecule has 0 aliphatic carbocycles. The summed E-state index contributed by atoms with van der Waals surface area (Å²) >= 11 is 1.12. The molecule has 17 heavy (non-hydrogen) atoms. The molecule has 2 aromatic rings. The van der Waals surface area contributed by atoms with Gasteiger partial charge in [-0.05, 0) is 19.1 Å². The molecule has 6 nitrogen and oxygen atoms in total. The number of hydrazine groups is 1. The summed E-state index contributed by atoms with van der Waals surface area (Å²) < 4.78 is 3.67. The van der Waals surface area contributed by atoms with Crippen molar-refractivity contribution in [3.8, 4) is 0 Å². The van der Waals surface area contributed by atoms with Crippen LogP contribution in [0.2, 0.25) is 0 Å². The zero-order chi connectivity index (χ0) is 12.3. The number of aryl methyl sites for hydroxylation is 1. The van der Waals surface area contributed by atoms with E-state index < -0.39 is 0 Å². The van der Waals surface area contributed by atoms with Gasteiger partial charge in [0.05, 0.1) is 17.4 Å². The molecule has 0 saturated heterocycles. The number of nitrogens with zero attached hydrogens (tertiary/aromatic N) is 2. The number of nitrogen functional groups attached to an aromatic ring is 1. The highest BCUT2D eigenvalue weighted by atomic mass is 32.1. The topological polar surface area (TPSA) is 92.9 Å². The van der Waals surface area contributed by atoms with Gasteiger partial charge in [0.1, 0.15) is 5.00 Å². The quantitative estimate of drug-likeness (QED) is 0.564. The summed E-state index contributed by atoms with van der Waals surface area (Å²) in [4.78, 5) is 12.0.